The number of hydrogen-bond acceptors (Lipinski definition) is 9. The van der Waals surface area contributed by atoms with Gasteiger partial charge in [0.2, 0.25) is 16.1 Å². The van der Waals surface area contributed by atoms with Crippen LogP contribution in [0.25, 0.3) is 0 Å². The molecular weight excluding hydrogens is 591 g/mol. The third-order valence-corrected chi connectivity index (χ3v) is 5.52. The lowest BCUT2D eigenvalue weighted by Crippen LogP contribution is -3.00. The minimum atomic E-state index is -0.710. The SMILES string of the molecule is C=C(C)C(=O)NC1CCSC1=O.C=C(C)C(=O)OC(=O)C(=C)C.Cl.NC1CCSC1=O.[I-]. The molecule has 0 radical (unpaired) electrons. The normalized spacial score (nSPS) is 18.2. The lowest BCUT2D eigenvalue weighted by Gasteiger charge is -2.08. The van der Waals surface area contributed by atoms with Crippen LogP contribution in [-0.2, 0) is 28.7 Å². The van der Waals surface area contributed by atoms with E-state index in [1.807, 2.05) is 0 Å². The zero-order valence-corrected chi connectivity index (χ0v) is 22.8. The number of nitrogens with two attached hydrogens (primary N) is 1. The van der Waals surface area contributed by atoms with Gasteiger partial charge in [-0.15, -0.1) is 12.4 Å². The van der Waals surface area contributed by atoms with Crippen molar-refractivity contribution >= 4 is 64.0 Å². The lowest BCUT2D eigenvalue weighted by atomic mass is 10.2. The number of carbonyl (C=O) groups excluding carboxylic acids is 5. The van der Waals surface area contributed by atoms with Crippen LogP contribution in [0, 0.1) is 0 Å². The highest BCUT2D eigenvalue weighted by Crippen LogP contribution is 2.19. The molecule has 2 aliphatic rings. The molecule has 3 N–H and O–H groups in total. The van der Waals surface area contributed by atoms with Crippen molar-refractivity contribution in [3.63, 3.8) is 0 Å². The molecule has 2 saturated heterocycles. The first-order chi connectivity index (χ1) is 13.9. The molecule has 2 aliphatic heterocycles. The van der Waals surface area contributed by atoms with Crippen LogP contribution in [0.3, 0.4) is 0 Å². The number of halogens is 2. The van der Waals surface area contributed by atoms with E-state index >= 15 is 0 Å². The molecule has 0 spiro atoms. The number of rotatable bonds is 4. The second kappa shape index (κ2) is 18.3. The molecule has 12 heteroatoms. The van der Waals surface area contributed by atoms with Gasteiger partial charge >= 0.3 is 11.9 Å². The van der Waals surface area contributed by atoms with E-state index < -0.39 is 11.9 Å². The Morgan fingerprint density at radius 1 is 0.906 bits per heavy atom. The van der Waals surface area contributed by atoms with E-state index in [0.717, 1.165) is 24.3 Å². The molecule has 0 saturated carbocycles. The van der Waals surface area contributed by atoms with E-state index in [1.165, 1.54) is 37.4 Å². The van der Waals surface area contributed by atoms with Gasteiger partial charge in [0, 0.05) is 28.2 Å². The molecule has 182 valence electrons. The van der Waals surface area contributed by atoms with Gasteiger partial charge < -0.3 is 39.8 Å². The van der Waals surface area contributed by atoms with Crippen molar-refractivity contribution < 1.29 is 52.7 Å². The summed E-state index contributed by atoms with van der Waals surface area (Å²) in [4.78, 5) is 53.9. The van der Waals surface area contributed by atoms with Crippen molar-refractivity contribution in [3.8, 4) is 0 Å². The average Bonchev–Trinajstić information content (AvgIpc) is 3.23. The van der Waals surface area contributed by atoms with E-state index in [0.29, 0.717) is 5.57 Å². The summed E-state index contributed by atoms with van der Waals surface area (Å²) < 4.78 is 4.30. The predicted octanol–water partition coefficient (Wildman–Crippen LogP) is -0.678. The first kappa shape index (κ1) is 35.4. The lowest BCUT2D eigenvalue weighted by molar-refractivity contribution is -0.154. The fourth-order valence-corrected chi connectivity index (χ4v) is 3.52. The van der Waals surface area contributed by atoms with Gasteiger partial charge in [-0.1, -0.05) is 43.3 Å². The van der Waals surface area contributed by atoms with Gasteiger partial charge in [0.15, 0.2) is 0 Å². The summed E-state index contributed by atoms with van der Waals surface area (Å²) in [6.07, 6.45) is 1.60. The molecule has 2 fully saturated rings. The molecule has 0 aromatic rings. The second-order valence-electron chi connectivity index (χ2n) is 6.56. The maximum Gasteiger partial charge on any atom is 0.340 e. The Kier molecular flexibility index (Phi) is 20.3. The summed E-state index contributed by atoms with van der Waals surface area (Å²) in [6, 6.07) is -0.454. The number of thioether (sulfide) groups is 2. The molecule has 2 unspecified atom stereocenters. The third-order valence-electron chi connectivity index (χ3n) is 3.49. The minimum Gasteiger partial charge on any atom is -1.00 e. The molecule has 1 amide bonds. The maximum absolute atomic E-state index is 11.1. The van der Waals surface area contributed by atoms with Crippen LogP contribution in [0.4, 0.5) is 0 Å². The smallest absolute Gasteiger partial charge is 0.340 e. The number of amides is 1. The Bertz CT molecular complexity index is 736. The number of hydrogen-bond donors (Lipinski definition) is 2. The quantitative estimate of drug-likeness (QED) is 0.182. The largest absolute Gasteiger partial charge is 1.00 e. The Labute approximate surface area is 220 Å². The molecule has 0 aromatic heterocycles. The van der Waals surface area contributed by atoms with Gasteiger partial charge in [-0.05, 0) is 33.6 Å². The Morgan fingerprint density at radius 3 is 1.59 bits per heavy atom. The standard InChI is InChI=1S/C8H11NO2S.C8H10O3.C4H7NOS.ClH.HI/c1-5(2)7(10)9-6-3-4-12-8(6)11;1-5(2)7(9)11-8(10)6(3)4;5-3-1-2-7-4(3)6;;/h6H,1,3-4H2,2H3,(H,9,10);1,3H2,2,4H3;3H,1-2,5H2;2*1H/p-1. The summed E-state index contributed by atoms with van der Waals surface area (Å²) in [6.45, 7) is 14.7. The van der Waals surface area contributed by atoms with Gasteiger partial charge in [0.25, 0.3) is 0 Å². The van der Waals surface area contributed by atoms with Crippen LogP contribution in [0.1, 0.15) is 33.6 Å². The summed E-state index contributed by atoms with van der Waals surface area (Å²) in [5.74, 6) is 0.0758. The number of carbonyl (C=O) groups is 5. The molecule has 0 aliphatic carbocycles. The first-order valence-corrected chi connectivity index (χ1v) is 11.0. The maximum atomic E-state index is 11.1. The van der Waals surface area contributed by atoms with Gasteiger partial charge in [0.1, 0.15) is 0 Å². The number of esters is 2. The van der Waals surface area contributed by atoms with Crippen LogP contribution >= 0.6 is 35.9 Å². The zero-order chi connectivity index (χ0) is 23.4. The highest BCUT2D eigenvalue weighted by molar-refractivity contribution is 8.14. The van der Waals surface area contributed by atoms with Gasteiger partial charge in [-0.3, -0.25) is 14.4 Å². The minimum absolute atomic E-state index is 0. The Morgan fingerprint density at radius 2 is 1.34 bits per heavy atom. The molecular formula is C20H29ClIN2O6S2-. The van der Waals surface area contributed by atoms with Crippen LogP contribution in [0.15, 0.2) is 36.5 Å². The van der Waals surface area contributed by atoms with E-state index in [-0.39, 0.29) is 75.8 Å². The average molecular weight is 620 g/mol. The molecule has 2 rings (SSSR count). The van der Waals surface area contributed by atoms with Gasteiger partial charge in [-0.25, -0.2) is 9.59 Å². The zero-order valence-electron chi connectivity index (χ0n) is 18.2. The summed E-state index contributed by atoms with van der Waals surface area (Å²) in [5.41, 5.74) is 6.14. The molecule has 32 heavy (non-hydrogen) atoms. The topological polar surface area (TPSA) is 133 Å². The first-order valence-electron chi connectivity index (χ1n) is 8.99. The molecule has 8 nitrogen and oxygen atoms in total. The number of ether oxygens (including phenoxy) is 1. The van der Waals surface area contributed by atoms with Crippen molar-refractivity contribution in [1.82, 2.24) is 5.32 Å². The summed E-state index contributed by atoms with van der Waals surface area (Å²) >= 11 is 2.62. The van der Waals surface area contributed by atoms with Gasteiger partial charge in [0.05, 0.1) is 12.1 Å². The monoisotopic (exact) mass is 619 g/mol. The predicted molar refractivity (Wildman–Crippen MR) is 127 cm³/mol. The Balaban J connectivity index is -0.000000393. The van der Waals surface area contributed by atoms with E-state index in [2.05, 4.69) is 29.8 Å². The second-order valence-corrected chi connectivity index (χ2v) is 8.76. The third kappa shape index (κ3) is 14.8. The van der Waals surface area contributed by atoms with E-state index in [4.69, 9.17) is 5.73 Å². The number of nitrogens with one attached hydrogen (secondary N) is 1. The van der Waals surface area contributed by atoms with Gasteiger partial charge in [-0.2, -0.15) is 0 Å². The van der Waals surface area contributed by atoms with Crippen molar-refractivity contribution in [2.75, 3.05) is 11.5 Å². The highest BCUT2D eigenvalue weighted by Gasteiger charge is 2.26. The van der Waals surface area contributed by atoms with E-state index in [1.54, 1.807) is 6.92 Å². The van der Waals surface area contributed by atoms with Crippen LogP contribution in [0.2, 0.25) is 0 Å². The van der Waals surface area contributed by atoms with Crippen LogP contribution < -0.4 is 35.0 Å². The van der Waals surface area contributed by atoms with Crippen LogP contribution in [0.5, 0.6) is 0 Å². The van der Waals surface area contributed by atoms with E-state index in [9.17, 15) is 24.0 Å². The van der Waals surface area contributed by atoms with Crippen molar-refractivity contribution in [1.29, 1.82) is 0 Å². The fraction of sp³-hybridized carbons (Fsp3) is 0.450. The van der Waals surface area contributed by atoms with Crippen LogP contribution in [-0.4, -0.2) is 51.7 Å². The fourth-order valence-electron chi connectivity index (χ4n) is 1.68. The van der Waals surface area contributed by atoms with Crippen molar-refractivity contribution in [3.05, 3.63) is 36.5 Å². The summed E-state index contributed by atoms with van der Waals surface area (Å²) in [7, 11) is 0. The molecule has 0 bridgehead atoms. The van der Waals surface area contributed by atoms with Crippen molar-refractivity contribution in [2.24, 2.45) is 5.73 Å². The molecule has 2 heterocycles. The Hall–Kier alpha value is -1.15. The molecule has 0 aromatic carbocycles. The van der Waals surface area contributed by atoms with Crippen molar-refractivity contribution in [2.45, 2.75) is 45.7 Å². The molecule has 2 atom stereocenters. The summed E-state index contributed by atoms with van der Waals surface area (Å²) in [5, 5.41) is 2.83. The highest BCUT2D eigenvalue weighted by atomic mass is 127.